The van der Waals surface area contributed by atoms with Crippen molar-refractivity contribution in [2.24, 2.45) is 0 Å². The predicted molar refractivity (Wildman–Crippen MR) is 93.7 cm³/mol. The number of sulfone groups is 1. The maximum atomic E-state index is 11.8. The molecule has 0 aliphatic heterocycles. The maximum Gasteiger partial charge on any atom is 0.177 e. The van der Waals surface area contributed by atoms with Gasteiger partial charge in [0.2, 0.25) is 0 Å². The van der Waals surface area contributed by atoms with E-state index >= 15 is 0 Å². The van der Waals surface area contributed by atoms with Gasteiger partial charge < -0.3 is 0 Å². The summed E-state index contributed by atoms with van der Waals surface area (Å²) in [5, 5.41) is 0.717. The van der Waals surface area contributed by atoms with Gasteiger partial charge in [0.05, 0.1) is 9.92 Å². The number of hydrogen-bond donors (Lipinski definition) is 0. The summed E-state index contributed by atoms with van der Waals surface area (Å²) in [7, 11) is -3.47. The van der Waals surface area contributed by atoms with Crippen LogP contribution in [0.25, 0.3) is 5.57 Å². The van der Waals surface area contributed by atoms with E-state index in [1.54, 1.807) is 30.3 Å². The zero-order chi connectivity index (χ0) is 16.5. The molecule has 0 fully saturated rings. The van der Waals surface area contributed by atoms with E-state index in [-0.39, 0.29) is 14.4 Å². The van der Waals surface area contributed by atoms with Crippen molar-refractivity contribution in [1.29, 1.82) is 0 Å². The second-order valence-corrected chi connectivity index (χ2v) is 8.34. The molecule has 2 aromatic carbocycles. The van der Waals surface area contributed by atoms with Crippen LogP contribution in [0.2, 0.25) is 10.0 Å². The summed E-state index contributed by atoms with van der Waals surface area (Å²) in [6, 6.07) is 11.5. The molecule has 0 spiro atoms. The topological polar surface area (TPSA) is 34.1 Å². The average Bonchev–Trinajstić information content (AvgIpc) is 2.41. The highest BCUT2D eigenvalue weighted by Gasteiger charge is 2.16. The average molecular weight is 396 g/mol. The first-order valence-corrected chi connectivity index (χ1v) is 9.41. The van der Waals surface area contributed by atoms with E-state index in [0.717, 1.165) is 6.26 Å². The van der Waals surface area contributed by atoms with Crippen molar-refractivity contribution in [2.45, 2.75) is 4.90 Å². The SMILES string of the molecule is CS(=O)(=O)c1cc(C(=C(Cl)Cl)c2ccc(Cl)cc2)ccc1Cl. The minimum atomic E-state index is -3.47. The lowest BCUT2D eigenvalue weighted by Crippen LogP contribution is -2.00. The maximum absolute atomic E-state index is 11.8. The third-order valence-corrected chi connectivity index (χ3v) is 5.15. The molecule has 116 valence electrons. The number of benzene rings is 2. The monoisotopic (exact) mass is 394 g/mol. The lowest BCUT2D eigenvalue weighted by molar-refractivity contribution is 0.602. The molecule has 0 aliphatic rings. The van der Waals surface area contributed by atoms with Crippen LogP contribution in [-0.4, -0.2) is 14.7 Å². The third-order valence-electron chi connectivity index (χ3n) is 2.94. The molecule has 22 heavy (non-hydrogen) atoms. The first-order chi connectivity index (χ1) is 10.2. The van der Waals surface area contributed by atoms with Crippen LogP contribution in [0.5, 0.6) is 0 Å². The normalized spacial score (nSPS) is 11.3. The first-order valence-electron chi connectivity index (χ1n) is 6.01. The highest BCUT2D eigenvalue weighted by Crippen LogP contribution is 2.34. The molecule has 0 heterocycles. The van der Waals surface area contributed by atoms with Gasteiger partial charge in [-0.1, -0.05) is 64.6 Å². The quantitative estimate of drug-likeness (QED) is 0.678. The van der Waals surface area contributed by atoms with Crippen LogP contribution in [0.15, 0.2) is 51.9 Å². The Morgan fingerprint density at radius 3 is 1.95 bits per heavy atom. The van der Waals surface area contributed by atoms with E-state index in [1.807, 2.05) is 0 Å². The Kier molecular flexibility index (Phi) is 5.46. The molecule has 0 unspecified atom stereocenters. The Labute approximate surface area is 149 Å². The van der Waals surface area contributed by atoms with Crippen LogP contribution in [0, 0.1) is 0 Å². The molecular formula is C15H10Cl4O2S. The van der Waals surface area contributed by atoms with Crippen molar-refractivity contribution in [3.8, 4) is 0 Å². The fourth-order valence-corrected chi connectivity index (χ4v) is 3.81. The second-order valence-electron chi connectivity index (χ2n) is 4.56. The van der Waals surface area contributed by atoms with Crippen molar-refractivity contribution in [3.05, 3.63) is 68.1 Å². The van der Waals surface area contributed by atoms with Crippen LogP contribution in [-0.2, 0) is 9.84 Å². The van der Waals surface area contributed by atoms with Gasteiger partial charge in [-0.3, -0.25) is 0 Å². The van der Waals surface area contributed by atoms with Crippen molar-refractivity contribution in [2.75, 3.05) is 6.26 Å². The molecule has 0 N–H and O–H groups in total. The van der Waals surface area contributed by atoms with Gasteiger partial charge in [0.1, 0.15) is 4.49 Å². The molecule has 2 rings (SSSR count). The summed E-state index contributed by atoms with van der Waals surface area (Å²) in [6.07, 6.45) is 1.09. The third kappa shape index (κ3) is 3.98. The Morgan fingerprint density at radius 2 is 1.45 bits per heavy atom. The summed E-state index contributed by atoms with van der Waals surface area (Å²) < 4.78 is 23.6. The minimum absolute atomic E-state index is 0.0177. The summed E-state index contributed by atoms with van der Waals surface area (Å²) in [4.78, 5) is 0.0210. The van der Waals surface area contributed by atoms with Crippen molar-refractivity contribution in [1.82, 2.24) is 0 Å². The van der Waals surface area contributed by atoms with Gasteiger partial charge in [0, 0.05) is 16.9 Å². The van der Waals surface area contributed by atoms with Gasteiger partial charge in [0.15, 0.2) is 9.84 Å². The smallest absolute Gasteiger partial charge is 0.177 e. The van der Waals surface area contributed by atoms with Gasteiger partial charge in [0.25, 0.3) is 0 Å². The molecule has 0 bridgehead atoms. The molecule has 0 saturated carbocycles. The molecule has 2 nitrogen and oxygen atoms in total. The molecular weight excluding hydrogens is 386 g/mol. The van der Waals surface area contributed by atoms with E-state index in [1.165, 1.54) is 12.1 Å². The zero-order valence-corrected chi connectivity index (χ0v) is 15.1. The number of rotatable bonds is 3. The summed E-state index contributed by atoms with van der Waals surface area (Å²) in [6.45, 7) is 0. The van der Waals surface area contributed by atoms with Gasteiger partial charge in [-0.15, -0.1) is 0 Å². The van der Waals surface area contributed by atoms with Crippen LogP contribution in [0.1, 0.15) is 11.1 Å². The minimum Gasteiger partial charge on any atom is -0.224 e. The van der Waals surface area contributed by atoms with Crippen LogP contribution >= 0.6 is 46.4 Å². The van der Waals surface area contributed by atoms with E-state index < -0.39 is 9.84 Å². The number of hydrogen-bond acceptors (Lipinski definition) is 2. The van der Waals surface area contributed by atoms with Crippen LogP contribution in [0.4, 0.5) is 0 Å². The molecule has 0 aliphatic carbocycles. The van der Waals surface area contributed by atoms with E-state index in [2.05, 4.69) is 0 Å². The van der Waals surface area contributed by atoms with E-state index in [9.17, 15) is 8.42 Å². The van der Waals surface area contributed by atoms with Crippen molar-refractivity contribution >= 4 is 61.8 Å². The van der Waals surface area contributed by atoms with Crippen LogP contribution in [0.3, 0.4) is 0 Å². The number of halogens is 4. The van der Waals surface area contributed by atoms with Gasteiger partial charge >= 0.3 is 0 Å². The summed E-state index contributed by atoms with van der Waals surface area (Å²) >= 11 is 23.8. The van der Waals surface area contributed by atoms with Crippen molar-refractivity contribution in [3.63, 3.8) is 0 Å². The Hall–Kier alpha value is -0.710. The lowest BCUT2D eigenvalue weighted by Gasteiger charge is -2.11. The summed E-state index contributed by atoms with van der Waals surface area (Å²) in [5.41, 5.74) is 1.76. The van der Waals surface area contributed by atoms with Crippen molar-refractivity contribution < 1.29 is 8.42 Å². The fourth-order valence-electron chi connectivity index (χ4n) is 1.94. The predicted octanol–water partition coefficient (Wildman–Crippen LogP) is 5.59. The highest BCUT2D eigenvalue weighted by molar-refractivity contribution is 7.90. The largest absolute Gasteiger partial charge is 0.224 e. The van der Waals surface area contributed by atoms with Gasteiger partial charge in [-0.2, -0.15) is 0 Å². The second kappa shape index (κ2) is 6.81. The van der Waals surface area contributed by atoms with E-state index in [4.69, 9.17) is 46.4 Å². The standard InChI is InChI=1S/C15H10Cl4O2S/c1-22(20,21)13-8-10(4-7-12(13)17)14(15(18)19)9-2-5-11(16)6-3-9/h2-8H,1H3. The molecule has 0 amide bonds. The molecule has 7 heteroatoms. The first kappa shape index (κ1) is 17.6. The molecule has 0 radical (unpaired) electrons. The fraction of sp³-hybridized carbons (Fsp3) is 0.0667. The zero-order valence-electron chi connectivity index (χ0n) is 11.3. The van der Waals surface area contributed by atoms with Gasteiger partial charge in [-0.05, 0) is 35.4 Å². The molecule has 0 saturated heterocycles. The lowest BCUT2D eigenvalue weighted by atomic mass is 10.00. The molecule has 0 aromatic heterocycles. The highest BCUT2D eigenvalue weighted by atomic mass is 35.5. The van der Waals surface area contributed by atoms with E-state index in [0.29, 0.717) is 21.7 Å². The van der Waals surface area contributed by atoms with Gasteiger partial charge in [-0.25, -0.2) is 8.42 Å². The molecule has 0 atom stereocenters. The molecule has 2 aromatic rings. The summed E-state index contributed by atoms with van der Waals surface area (Å²) in [5.74, 6) is 0. The Bertz CT molecular complexity index is 836. The Balaban J connectivity index is 2.66. The van der Waals surface area contributed by atoms with Crippen LogP contribution < -0.4 is 0 Å². The Morgan fingerprint density at radius 1 is 0.909 bits per heavy atom.